The molecule has 0 saturated carbocycles. The molecule has 8 nitrogen and oxygen atoms in total. The number of benzene rings is 2. The molecular weight excluding hydrogens is 481 g/mol. The number of halogens is 4. The molecule has 170 valence electrons. The highest BCUT2D eigenvalue weighted by Gasteiger charge is 2.31. The van der Waals surface area contributed by atoms with Gasteiger partial charge in [0.15, 0.2) is 11.2 Å². The van der Waals surface area contributed by atoms with Crippen molar-refractivity contribution >= 4 is 46.1 Å². The molecule has 1 N–H and O–H groups in total. The van der Waals surface area contributed by atoms with Gasteiger partial charge in [-0.3, -0.25) is 4.79 Å². The summed E-state index contributed by atoms with van der Waals surface area (Å²) < 4.78 is 42.1. The first-order chi connectivity index (χ1) is 15.8. The molecule has 2 heterocycles. The van der Waals surface area contributed by atoms with E-state index in [1.165, 1.54) is 18.5 Å². The van der Waals surface area contributed by atoms with Gasteiger partial charge in [-0.2, -0.15) is 0 Å². The SMILES string of the molecule is O=C(CSc1ncnc2c1nnn2Cc1ccc(Cl)cc1)Nc1ccc(OC(F)(F)F)cc1. The van der Waals surface area contributed by atoms with Crippen molar-refractivity contribution in [3.05, 3.63) is 65.4 Å². The van der Waals surface area contributed by atoms with Crippen LogP contribution in [0.4, 0.5) is 18.9 Å². The fourth-order valence-corrected chi connectivity index (χ4v) is 3.67. The van der Waals surface area contributed by atoms with E-state index in [0.29, 0.717) is 33.4 Å². The van der Waals surface area contributed by atoms with Gasteiger partial charge in [-0.05, 0) is 42.0 Å². The fraction of sp³-hybridized carbons (Fsp3) is 0.150. The molecule has 0 aliphatic rings. The van der Waals surface area contributed by atoms with E-state index in [9.17, 15) is 18.0 Å². The third kappa shape index (κ3) is 6.11. The molecule has 4 rings (SSSR count). The zero-order valence-corrected chi connectivity index (χ0v) is 18.2. The van der Waals surface area contributed by atoms with E-state index in [1.54, 1.807) is 16.8 Å². The van der Waals surface area contributed by atoms with E-state index in [1.807, 2.05) is 12.1 Å². The van der Waals surface area contributed by atoms with E-state index in [-0.39, 0.29) is 17.4 Å². The van der Waals surface area contributed by atoms with E-state index >= 15 is 0 Å². The van der Waals surface area contributed by atoms with Crippen LogP contribution in [0.5, 0.6) is 5.75 Å². The average molecular weight is 495 g/mol. The number of fused-ring (bicyclic) bond motifs is 1. The van der Waals surface area contributed by atoms with Crippen molar-refractivity contribution in [1.29, 1.82) is 0 Å². The lowest BCUT2D eigenvalue weighted by atomic mass is 10.2. The maximum atomic E-state index is 12.3. The number of carbonyl (C=O) groups excluding carboxylic acids is 1. The van der Waals surface area contributed by atoms with Crippen molar-refractivity contribution in [1.82, 2.24) is 25.0 Å². The Labute approximate surface area is 194 Å². The maximum absolute atomic E-state index is 12.3. The van der Waals surface area contributed by atoms with Gasteiger partial charge in [0.2, 0.25) is 5.91 Å². The smallest absolute Gasteiger partial charge is 0.406 e. The number of amides is 1. The van der Waals surface area contributed by atoms with Crippen molar-refractivity contribution in [2.24, 2.45) is 0 Å². The van der Waals surface area contributed by atoms with E-state index < -0.39 is 6.36 Å². The Morgan fingerprint density at radius 1 is 1.09 bits per heavy atom. The maximum Gasteiger partial charge on any atom is 0.573 e. The molecule has 0 unspecified atom stereocenters. The number of hydrogen-bond acceptors (Lipinski definition) is 7. The minimum absolute atomic E-state index is 0.00302. The Hall–Kier alpha value is -3.38. The molecule has 0 saturated heterocycles. The second-order valence-electron chi connectivity index (χ2n) is 6.63. The highest BCUT2D eigenvalue weighted by atomic mass is 35.5. The predicted octanol–water partition coefficient (Wildman–Crippen LogP) is 4.55. The summed E-state index contributed by atoms with van der Waals surface area (Å²) in [5, 5.41) is 12.0. The monoisotopic (exact) mass is 494 g/mol. The molecule has 0 aliphatic heterocycles. The zero-order chi connectivity index (χ0) is 23.4. The number of rotatable bonds is 7. The van der Waals surface area contributed by atoms with Crippen LogP contribution in [0, 0.1) is 0 Å². The number of thioether (sulfide) groups is 1. The number of ether oxygens (including phenoxy) is 1. The second-order valence-corrected chi connectivity index (χ2v) is 8.03. The van der Waals surface area contributed by atoms with Gasteiger partial charge in [0.25, 0.3) is 0 Å². The molecule has 13 heteroatoms. The Morgan fingerprint density at radius 2 is 1.82 bits per heavy atom. The minimum Gasteiger partial charge on any atom is -0.406 e. The summed E-state index contributed by atoms with van der Waals surface area (Å²) in [5.74, 6) is -0.749. The Balaban J connectivity index is 1.38. The number of nitrogens with one attached hydrogen (secondary N) is 1. The quantitative estimate of drug-likeness (QED) is 0.297. The average Bonchev–Trinajstić information content (AvgIpc) is 3.18. The molecule has 2 aromatic carbocycles. The molecule has 2 aromatic heterocycles. The molecular formula is C20H14ClF3N6O2S. The van der Waals surface area contributed by atoms with Crippen LogP contribution >= 0.6 is 23.4 Å². The van der Waals surface area contributed by atoms with Crippen LogP contribution in [0.1, 0.15) is 5.56 Å². The van der Waals surface area contributed by atoms with Crippen LogP contribution in [-0.4, -0.2) is 43.0 Å². The summed E-state index contributed by atoms with van der Waals surface area (Å²) in [7, 11) is 0. The number of aromatic nitrogens is 5. The highest BCUT2D eigenvalue weighted by molar-refractivity contribution is 8.00. The van der Waals surface area contributed by atoms with Gasteiger partial charge in [-0.25, -0.2) is 14.6 Å². The van der Waals surface area contributed by atoms with Crippen molar-refractivity contribution in [3.63, 3.8) is 0 Å². The van der Waals surface area contributed by atoms with Crippen LogP contribution in [0.2, 0.25) is 5.02 Å². The number of alkyl halides is 3. The van der Waals surface area contributed by atoms with Crippen LogP contribution in [0.15, 0.2) is 59.9 Å². The fourth-order valence-electron chi connectivity index (χ4n) is 2.82. The Morgan fingerprint density at radius 3 is 2.52 bits per heavy atom. The van der Waals surface area contributed by atoms with E-state index in [4.69, 9.17) is 11.6 Å². The zero-order valence-electron chi connectivity index (χ0n) is 16.6. The van der Waals surface area contributed by atoms with Crippen LogP contribution in [0.3, 0.4) is 0 Å². The second kappa shape index (κ2) is 9.63. The van der Waals surface area contributed by atoms with E-state index in [2.05, 4.69) is 30.3 Å². The lowest BCUT2D eigenvalue weighted by molar-refractivity contribution is -0.274. The van der Waals surface area contributed by atoms with Crippen LogP contribution in [0.25, 0.3) is 11.2 Å². The normalized spacial score (nSPS) is 11.5. The summed E-state index contributed by atoms with van der Waals surface area (Å²) in [4.78, 5) is 20.7. The third-order valence-corrected chi connectivity index (χ3v) is 5.45. The van der Waals surface area contributed by atoms with Crippen LogP contribution < -0.4 is 10.1 Å². The van der Waals surface area contributed by atoms with Crippen molar-refractivity contribution < 1.29 is 22.7 Å². The van der Waals surface area contributed by atoms with Gasteiger partial charge in [-0.1, -0.05) is 40.7 Å². The first-order valence-corrected chi connectivity index (χ1v) is 10.7. The number of hydrogen-bond donors (Lipinski definition) is 1. The molecule has 0 bridgehead atoms. The summed E-state index contributed by atoms with van der Waals surface area (Å²) >= 11 is 7.05. The first kappa shape index (κ1) is 22.8. The summed E-state index contributed by atoms with van der Waals surface area (Å²) in [6.07, 6.45) is -3.41. The van der Waals surface area contributed by atoms with Crippen molar-refractivity contribution in [3.8, 4) is 5.75 Å². The van der Waals surface area contributed by atoms with E-state index in [0.717, 1.165) is 29.5 Å². The lowest BCUT2D eigenvalue weighted by Crippen LogP contribution is -2.17. The molecule has 0 fully saturated rings. The molecule has 33 heavy (non-hydrogen) atoms. The number of nitrogens with zero attached hydrogens (tertiary/aromatic N) is 5. The van der Waals surface area contributed by atoms with Gasteiger partial charge in [0, 0.05) is 10.7 Å². The van der Waals surface area contributed by atoms with Crippen LogP contribution in [-0.2, 0) is 11.3 Å². The van der Waals surface area contributed by atoms with Crippen molar-refractivity contribution in [2.75, 3.05) is 11.1 Å². The summed E-state index contributed by atoms with van der Waals surface area (Å²) in [6.45, 7) is 0.434. The summed E-state index contributed by atoms with van der Waals surface area (Å²) in [6, 6.07) is 12.2. The Bertz CT molecular complexity index is 1270. The third-order valence-electron chi connectivity index (χ3n) is 4.22. The molecule has 1 amide bonds. The van der Waals surface area contributed by atoms with Gasteiger partial charge >= 0.3 is 6.36 Å². The molecule has 0 atom stereocenters. The first-order valence-electron chi connectivity index (χ1n) is 9.34. The Kier molecular flexibility index (Phi) is 6.65. The highest BCUT2D eigenvalue weighted by Crippen LogP contribution is 2.25. The van der Waals surface area contributed by atoms with Crippen molar-refractivity contribution in [2.45, 2.75) is 17.9 Å². The van der Waals surface area contributed by atoms with Gasteiger partial charge in [-0.15, -0.1) is 18.3 Å². The number of anilines is 1. The molecule has 0 radical (unpaired) electrons. The predicted molar refractivity (Wildman–Crippen MR) is 116 cm³/mol. The molecule has 0 spiro atoms. The number of carbonyl (C=O) groups is 1. The van der Waals surface area contributed by atoms with Gasteiger partial charge in [0.05, 0.1) is 12.3 Å². The topological polar surface area (TPSA) is 94.8 Å². The largest absolute Gasteiger partial charge is 0.573 e. The molecule has 0 aliphatic carbocycles. The summed E-state index contributed by atoms with van der Waals surface area (Å²) in [5.41, 5.74) is 2.27. The lowest BCUT2D eigenvalue weighted by Gasteiger charge is -2.10. The molecule has 4 aromatic rings. The standard InChI is InChI=1S/C20H14ClF3N6O2S/c21-13-3-1-12(2-4-13)9-30-18-17(28-29-30)19(26-11-25-18)33-10-16(31)27-14-5-7-15(8-6-14)32-20(22,23)24/h1-8,11H,9-10H2,(H,27,31). The van der Waals surface area contributed by atoms with Gasteiger partial charge < -0.3 is 10.1 Å². The van der Waals surface area contributed by atoms with Gasteiger partial charge in [0.1, 0.15) is 17.1 Å². The minimum atomic E-state index is -4.78.